The van der Waals surface area contributed by atoms with Crippen LogP contribution in [0.1, 0.15) is 13.3 Å². The number of nitrogens with one attached hydrogen (secondary N) is 1. The van der Waals surface area contributed by atoms with Crippen molar-refractivity contribution < 1.29 is 4.79 Å². The lowest BCUT2D eigenvalue weighted by Crippen LogP contribution is -2.36. The van der Waals surface area contributed by atoms with Crippen LogP contribution >= 0.6 is 0 Å². The number of nitrogens with zero attached hydrogens (tertiary/aromatic N) is 1. The fourth-order valence-electron chi connectivity index (χ4n) is 1.19. The zero-order chi connectivity index (χ0) is 8.27. The van der Waals surface area contributed by atoms with Gasteiger partial charge < -0.3 is 5.32 Å². The number of hydrogen-bond acceptors (Lipinski definition) is 2. The zero-order valence-corrected chi connectivity index (χ0v) is 6.85. The number of piperidine rings is 1. The normalized spacial score (nSPS) is 25.8. The molecule has 1 saturated heterocycles. The van der Waals surface area contributed by atoms with Gasteiger partial charge in [0, 0.05) is 25.7 Å². The number of carbonyl (C=O) groups excluding carboxylic acids is 1. The molecule has 3 nitrogen and oxygen atoms in total. The molecule has 11 heavy (non-hydrogen) atoms. The van der Waals surface area contributed by atoms with Crippen molar-refractivity contribution in [2.24, 2.45) is 4.99 Å². The largest absolute Gasteiger partial charge is 0.352 e. The maximum Gasteiger partial charge on any atom is 0.252 e. The molecule has 1 rings (SSSR count). The summed E-state index contributed by atoms with van der Waals surface area (Å²) in [4.78, 5) is 15.2. The van der Waals surface area contributed by atoms with Crippen molar-refractivity contribution in [2.75, 3.05) is 13.6 Å². The van der Waals surface area contributed by atoms with Crippen LogP contribution in [-0.2, 0) is 4.79 Å². The van der Waals surface area contributed by atoms with Gasteiger partial charge in [-0.2, -0.15) is 0 Å². The fraction of sp³-hybridized carbons (Fsp3) is 0.500. The first-order valence-corrected chi connectivity index (χ1v) is 3.70. The maximum atomic E-state index is 11.1. The van der Waals surface area contributed by atoms with Gasteiger partial charge in [0.15, 0.2) is 0 Å². The first-order valence-electron chi connectivity index (χ1n) is 3.70. The lowest BCUT2D eigenvalue weighted by Gasteiger charge is -2.16. The van der Waals surface area contributed by atoms with Gasteiger partial charge >= 0.3 is 0 Å². The average molecular weight is 152 g/mol. The van der Waals surface area contributed by atoms with E-state index in [1.165, 1.54) is 0 Å². The molecular weight excluding hydrogens is 140 g/mol. The molecule has 1 aliphatic rings. The third-order valence-corrected chi connectivity index (χ3v) is 1.76. The number of hydrogen-bond donors (Lipinski definition) is 1. The summed E-state index contributed by atoms with van der Waals surface area (Å²) in [6, 6.07) is 0. The molecule has 1 heterocycles. The second-order valence-electron chi connectivity index (χ2n) is 2.38. The standard InChI is InChI=1S/C8H12N2O/c1-3-6-7(9-2)4-5-10-8(6)11/h3H,4-5H2,1-2H3,(H,10,11)/b6-3+,9-7?. The van der Waals surface area contributed by atoms with Crippen LogP contribution in [0, 0.1) is 0 Å². The summed E-state index contributed by atoms with van der Waals surface area (Å²) in [5.74, 6) is -0.000602. The van der Waals surface area contributed by atoms with Crippen LogP contribution in [-0.4, -0.2) is 25.2 Å². The molecule has 0 unspecified atom stereocenters. The van der Waals surface area contributed by atoms with Gasteiger partial charge in [0.1, 0.15) is 0 Å². The zero-order valence-electron chi connectivity index (χ0n) is 6.85. The highest BCUT2D eigenvalue weighted by Gasteiger charge is 2.18. The van der Waals surface area contributed by atoms with E-state index in [0.717, 1.165) is 17.7 Å². The topological polar surface area (TPSA) is 41.5 Å². The van der Waals surface area contributed by atoms with E-state index < -0.39 is 0 Å². The summed E-state index contributed by atoms with van der Waals surface area (Å²) in [7, 11) is 1.72. The fourth-order valence-corrected chi connectivity index (χ4v) is 1.19. The molecule has 0 aromatic carbocycles. The van der Waals surface area contributed by atoms with E-state index in [9.17, 15) is 4.79 Å². The van der Waals surface area contributed by atoms with Crippen molar-refractivity contribution in [1.29, 1.82) is 0 Å². The first kappa shape index (κ1) is 7.98. The van der Waals surface area contributed by atoms with E-state index >= 15 is 0 Å². The van der Waals surface area contributed by atoms with Crippen LogP contribution in [0.15, 0.2) is 16.6 Å². The lowest BCUT2D eigenvalue weighted by atomic mass is 10.0. The van der Waals surface area contributed by atoms with Crippen LogP contribution in [0.25, 0.3) is 0 Å². The van der Waals surface area contributed by atoms with E-state index in [2.05, 4.69) is 10.3 Å². The number of rotatable bonds is 0. The Kier molecular flexibility index (Phi) is 2.41. The van der Waals surface area contributed by atoms with Gasteiger partial charge in [-0.3, -0.25) is 9.79 Å². The minimum atomic E-state index is -0.000602. The van der Waals surface area contributed by atoms with Crippen molar-refractivity contribution in [3.8, 4) is 0 Å². The molecule has 0 aromatic heterocycles. The highest BCUT2D eigenvalue weighted by molar-refractivity contribution is 6.23. The van der Waals surface area contributed by atoms with Crippen molar-refractivity contribution in [3.63, 3.8) is 0 Å². The van der Waals surface area contributed by atoms with Crippen molar-refractivity contribution in [3.05, 3.63) is 11.6 Å². The maximum absolute atomic E-state index is 11.1. The number of carbonyl (C=O) groups is 1. The number of aliphatic imine (C=N–C) groups is 1. The quantitative estimate of drug-likeness (QED) is 0.505. The summed E-state index contributed by atoms with van der Waals surface area (Å²) in [6.45, 7) is 2.56. The Hall–Kier alpha value is -1.12. The monoisotopic (exact) mass is 152 g/mol. The van der Waals surface area contributed by atoms with Crippen molar-refractivity contribution >= 4 is 11.6 Å². The van der Waals surface area contributed by atoms with Gasteiger partial charge in [-0.1, -0.05) is 6.08 Å². The molecule has 60 valence electrons. The Labute approximate surface area is 66.2 Å². The molecule has 1 amide bonds. The van der Waals surface area contributed by atoms with Gasteiger partial charge in [0.2, 0.25) is 0 Å². The van der Waals surface area contributed by atoms with E-state index in [4.69, 9.17) is 0 Å². The predicted octanol–water partition coefficient (Wildman–Crippen LogP) is 0.523. The minimum absolute atomic E-state index is 0.000602. The Balaban J connectivity index is 2.90. The minimum Gasteiger partial charge on any atom is -0.352 e. The van der Waals surface area contributed by atoms with Crippen LogP contribution in [0.3, 0.4) is 0 Å². The third kappa shape index (κ3) is 1.48. The molecule has 1 fully saturated rings. The molecule has 0 atom stereocenters. The predicted molar refractivity (Wildman–Crippen MR) is 44.7 cm³/mol. The third-order valence-electron chi connectivity index (χ3n) is 1.76. The second kappa shape index (κ2) is 3.32. The molecule has 0 aliphatic carbocycles. The van der Waals surface area contributed by atoms with E-state index in [-0.39, 0.29) is 5.91 Å². The summed E-state index contributed by atoms with van der Waals surface area (Å²) >= 11 is 0. The number of amides is 1. The molecule has 0 aromatic rings. The van der Waals surface area contributed by atoms with E-state index in [1.54, 1.807) is 13.1 Å². The molecule has 0 spiro atoms. The summed E-state index contributed by atoms with van der Waals surface area (Å²) < 4.78 is 0. The van der Waals surface area contributed by atoms with E-state index in [0.29, 0.717) is 6.54 Å². The summed E-state index contributed by atoms with van der Waals surface area (Å²) in [5.41, 5.74) is 1.63. The second-order valence-corrected chi connectivity index (χ2v) is 2.38. The average Bonchev–Trinajstić information content (AvgIpc) is 2.04. The van der Waals surface area contributed by atoms with Gasteiger partial charge in [-0.05, 0) is 6.92 Å². The van der Waals surface area contributed by atoms with Crippen LogP contribution < -0.4 is 5.32 Å². The molecule has 3 heteroatoms. The smallest absolute Gasteiger partial charge is 0.252 e. The molecule has 0 saturated carbocycles. The SMILES string of the molecule is C/C=C1/C(=O)NCCC1=NC. The van der Waals surface area contributed by atoms with Crippen LogP contribution in [0.5, 0.6) is 0 Å². The Bertz CT molecular complexity index is 228. The van der Waals surface area contributed by atoms with Gasteiger partial charge in [0.05, 0.1) is 5.57 Å². The van der Waals surface area contributed by atoms with Gasteiger partial charge in [-0.25, -0.2) is 0 Å². The van der Waals surface area contributed by atoms with Crippen molar-refractivity contribution in [2.45, 2.75) is 13.3 Å². The summed E-state index contributed by atoms with van der Waals surface area (Å²) in [5, 5.41) is 2.76. The molecule has 1 aliphatic heterocycles. The van der Waals surface area contributed by atoms with Crippen molar-refractivity contribution in [1.82, 2.24) is 5.32 Å². The molecule has 0 bridgehead atoms. The molecule has 1 N–H and O–H groups in total. The Morgan fingerprint density at radius 3 is 2.82 bits per heavy atom. The van der Waals surface area contributed by atoms with E-state index in [1.807, 2.05) is 6.92 Å². The highest BCUT2D eigenvalue weighted by atomic mass is 16.1. The van der Waals surface area contributed by atoms with Gasteiger partial charge in [-0.15, -0.1) is 0 Å². The summed E-state index contributed by atoms with van der Waals surface area (Å²) in [6.07, 6.45) is 2.65. The van der Waals surface area contributed by atoms with Crippen LogP contribution in [0.4, 0.5) is 0 Å². The number of allylic oxidation sites excluding steroid dienone is 1. The van der Waals surface area contributed by atoms with Crippen LogP contribution in [0.2, 0.25) is 0 Å². The lowest BCUT2D eigenvalue weighted by molar-refractivity contribution is -0.117. The first-order chi connectivity index (χ1) is 5.29. The molecule has 0 radical (unpaired) electrons. The van der Waals surface area contributed by atoms with Gasteiger partial charge in [0.25, 0.3) is 5.91 Å². The Morgan fingerprint density at radius 1 is 1.64 bits per heavy atom. The molecular formula is C8H12N2O. The highest BCUT2D eigenvalue weighted by Crippen LogP contribution is 2.06. The Morgan fingerprint density at radius 2 is 2.36 bits per heavy atom.